The van der Waals surface area contributed by atoms with E-state index in [1.807, 2.05) is 41.0 Å². The number of nitrogens with one attached hydrogen (secondary N) is 3. The third-order valence-electron chi connectivity index (χ3n) is 5.26. The van der Waals surface area contributed by atoms with E-state index < -0.39 is 0 Å². The van der Waals surface area contributed by atoms with Gasteiger partial charge in [-0.15, -0.1) is 0 Å². The summed E-state index contributed by atoms with van der Waals surface area (Å²) in [6.07, 6.45) is 6.77. The number of aromatic nitrogens is 3. The predicted octanol–water partition coefficient (Wildman–Crippen LogP) is 4.17. The molecule has 7 heteroatoms. The Morgan fingerprint density at radius 1 is 1.19 bits per heavy atom. The monoisotopic (exact) mass is 382 g/mol. The average Bonchev–Trinajstić information content (AvgIpc) is 3.42. The first-order valence-electron chi connectivity index (χ1n) is 9.65. The Morgan fingerprint density at radius 2 is 2.11 bits per heavy atom. The topological polar surface area (TPSA) is 66.3 Å². The zero-order valence-corrected chi connectivity index (χ0v) is 15.8. The van der Waals surface area contributed by atoms with Crippen molar-refractivity contribution in [2.45, 2.75) is 37.6 Å². The summed E-state index contributed by atoms with van der Waals surface area (Å²) < 4.78 is 1.90. The molecule has 1 aliphatic carbocycles. The molecular weight excluding hydrogens is 360 g/mol. The van der Waals surface area contributed by atoms with Crippen molar-refractivity contribution in [3.8, 4) is 0 Å². The lowest BCUT2D eigenvalue weighted by Crippen LogP contribution is -2.38. The van der Waals surface area contributed by atoms with Crippen LogP contribution in [0.25, 0.3) is 5.65 Å². The van der Waals surface area contributed by atoms with Gasteiger partial charge in [-0.05, 0) is 56.3 Å². The highest BCUT2D eigenvalue weighted by atomic mass is 35.5. The van der Waals surface area contributed by atoms with Crippen LogP contribution in [0.15, 0.2) is 36.5 Å². The van der Waals surface area contributed by atoms with Gasteiger partial charge in [0.25, 0.3) is 0 Å². The van der Waals surface area contributed by atoms with Crippen LogP contribution in [0.3, 0.4) is 0 Å². The first-order chi connectivity index (χ1) is 13.3. The minimum atomic E-state index is 0.403. The number of hydrogen-bond donors (Lipinski definition) is 3. The van der Waals surface area contributed by atoms with Gasteiger partial charge in [-0.1, -0.05) is 17.7 Å². The molecule has 0 unspecified atom stereocenters. The number of nitrogens with zero attached hydrogens (tertiary/aromatic N) is 3. The van der Waals surface area contributed by atoms with Gasteiger partial charge in [-0.25, -0.2) is 4.98 Å². The van der Waals surface area contributed by atoms with Crippen LogP contribution in [0.5, 0.6) is 0 Å². The van der Waals surface area contributed by atoms with Crippen LogP contribution in [0.4, 0.5) is 17.3 Å². The van der Waals surface area contributed by atoms with Gasteiger partial charge in [0, 0.05) is 34.9 Å². The van der Waals surface area contributed by atoms with E-state index in [4.69, 9.17) is 16.6 Å². The van der Waals surface area contributed by atoms with Gasteiger partial charge in [-0.3, -0.25) is 0 Å². The van der Waals surface area contributed by atoms with Crippen molar-refractivity contribution in [3.63, 3.8) is 0 Å². The number of fused-ring (bicyclic) bond motifs is 1. The van der Waals surface area contributed by atoms with Crippen LogP contribution < -0.4 is 16.0 Å². The zero-order valence-electron chi connectivity index (χ0n) is 15.1. The van der Waals surface area contributed by atoms with E-state index in [9.17, 15) is 0 Å². The van der Waals surface area contributed by atoms with Crippen LogP contribution in [0.2, 0.25) is 5.02 Å². The van der Waals surface area contributed by atoms with E-state index in [1.54, 1.807) is 0 Å². The third-order valence-corrected chi connectivity index (χ3v) is 5.50. The molecule has 1 aromatic carbocycles. The zero-order chi connectivity index (χ0) is 18.2. The second-order valence-corrected chi connectivity index (χ2v) is 7.90. The number of anilines is 3. The van der Waals surface area contributed by atoms with E-state index >= 15 is 0 Å². The van der Waals surface area contributed by atoms with Crippen molar-refractivity contribution in [3.05, 3.63) is 47.1 Å². The second-order valence-electron chi connectivity index (χ2n) is 7.46. The highest BCUT2D eigenvalue weighted by molar-refractivity contribution is 6.30. The molecule has 0 spiro atoms. The lowest BCUT2D eigenvalue weighted by atomic mass is 10.1. The van der Waals surface area contributed by atoms with E-state index in [1.165, 1.54) is 24.8 Å². The summed E-state index contributed by atoms with van der Waals surface area (Å²) in [7, 11) is 0. The van der Waals surface area contributed by atoms with Crippen molar-refractivity contribution < 1.29 is 0 Å². The number of piperidine rings is 1. The Labute approximate surface area is 163 Å². The molecule has 3 N–H and O–H groups in total. The summed E-state index contributed by atoms with van der Waals surface area (Å²) in [5.74, 6) is 2.38. The summed E-state index contributed by atoms with van der Waals surface area (Å²) in [6, 6.07) is 10.2. The smallest absolute Gasteiger partial charge is 0.163 e. The SMILES string of the molecule is Clc1cccc(Nc2cc(N[C@H]3CCCNC3)nc3c(C4CC4)cnn23)c1. The van der Waals surface area contributed by atoms with E-state index in [-0.39, 0.29) is 0 Å². The minimum absolute atomic E-state index is 0.403. The van der Waals surface area contributed by atoms with Crippen LogP contribution in [-0.2, 0) is 0 Å². The molecule has 2 aromatic heterocycles. The molecular formula is C20H23ClN6. The molecule has 6 nitrogen and oxygen atoms in total. The highest BCUT2D eigenvalue weighted by Crippen LogP contribution is 2.42. The Morgan fingerprint density at radius 3 is 2.89 bits per heavy atom. The number of hydrogen-bond acceptors (Lipinski definition) is 5. The quantitative estimate of drug-likeness (QED) is 0.618. The Hall–Kier alpha value is -2.31. The van der Waals surface area contributed by atoms with Crippen molar-refractivity contribution >= 4 is 34.6 Å². The lowest BCUT2D eigenvalue weighted by Gasteiger charge is -2.24. The first kappa shape index (κ1) is 16.8. The third kappa shape index (κ3) is 3.59. The summed E-state index contributed by atoms with van der Waals surface area (Å²) in [6.45, 7) is 2.07. The van der Waals surface area contributed by atoms with Crippen LogP contribution in [-0.4, -0.2) is 33.7 Å². The fraction of sp³-hybridized carbons (Fsp3) is 0.400. The maximum atomic E-state index is 6.15. The van der Waals surface area contributed by atoms with Gasteiger partial charge in [0.2, 0.25) is 0 Å². The standard InChI is InChI=1S/C20H23ClN6/c21-14-3-1-4-15(9-14)25-19-10-18(24-16-5-2-8-22-11-16)26-20-17(13-6-7-13)12-23-27(19)20/h1,3-4,9-10,12-13,16,22,25H,2,5-8,11H2,(H,24,26)/t16-/m0/s1. The molecule has 1 saturated carbocycles. The van der Waals surface area contributed by atoms with Gasteiger partial charge in [0.15, 0.2) is 5.65 Å². The minimum Gasteiger partial charge on any atom is -0.366 e. The maximum Gasteiger partial charge on any atom is 0.163 e. The summed E-state index contributed by atoms with van der Waals surface area (Å²) >= 11 is 6.15. The molecule has 0 radical (unpaired) electrons. The molecule has 0 amide bonds. The summed E-state index contributed by atoms with van der Waals surface area (Å²) in [5, 5.41) is 15.8. The van der Waals surface area contributed by atoms with Crippen molar-refractivity contribution in [1.82, 2.24) is 19.9 Å². The molecule has 140 valence electrons. The average molecular weight is 383 g/mol. The maximum absolute atomic E-state index is 6.15. The molecule has 3 heterocycles. The normalized spacial score (nSPS) is 20.0. The molecule has 27 heavy (non-hydrogen) atoms. The van der Waals surface area contributed by atoms with Crippen molar-refractivity contribution in [1.29, 1.82) is 0 Å². The number of halogens is 1. The largest absolute Gasteiger partial charge is 0.366 e. The van der Waals surface area contributed by atoms with Gasteiger partial charge in [0.1, 0.15) is 11.6 Å². The van der Waals surface area contributed by atoms with E-state index in [0.29, 0.717) is 17.0 Å². The first-order valence-corrected chi connectivity index (χ1v) is 10.0. The van der Waals surface area contributed by atoms with Crippen LogP contribution >= 0.6 is 11.6 Å². The molecule has 1 atom stereocenters. The highest BCUT2D eigenvalue weighted by Gasteiger charge is 2.28. The Bertz CT molecular complexity index is 958. The van der Waals surface area contributed by atoms with Crippen molar-refractivity contribution in [2.24, 2.45) is 0 Å². The molecule has 5 rings (SSSR count). The molecule has 2 fully saturated rings. The number of benzene rings is 1. The lowest BCUT2D eigenvalue weighted by molar-refractivity contribution is 0.479. The van der Waals surface area contributed by atoms with E-state index in [2.05, 4.69) is 21.0 Å². The fourth-order valence-corrected chi connectivity index (χ4v) is 3.91. The van der Waals surface area contributed by atoms with Crippen LogP contribution in [0, 0.1) is 0 Å². The van der Waals surface area contributed by atoms with Gasteiger partial charge in [0.05, 0.1) is 6.20 Å². The Kier molecular flexibility index (Phi) is 4.38. The van der Waals surface area contributed by atoms with E-state index in [0.717, 1.165) is 42.5 Å². The van der Waals surface area contributed by atoms with Gasteiger partial charge >= 0.3 is 0 Å². The second kappa shape index (κ2) is 7.02. The van der Waals surface area contributed by atoms with Crippen LogP contribution in [0.1, 0.15) is 37.2 Å². The molecule has 2 aliphatic rings. The molecule has 1 aliphatic heterocycles. The van der Waals surface area contributed by atoms with Gasteiger partial charge < -0.3 is 16.0 Å². The van der Waals surface area contributed by atoms with Crippen molar-refractivity contribution in [2.75, 3.05) is 23.7 Å². The molecule has 0 bridgehead atoms. The molecule has 3 aromatic rings. The summed E-state index contributed by atoms with van der Waals surface area (Å²) in [4.78, 5) is 4.91. The van der Waals surface area contributed by atoms with Gasteiger partial charge in [-0.2, -0.15) is 9.61 Å². The number of rotatable bonds is 5. The summed E-state index contributed by atoms with van der Waals surface area (Å²) in [5.41, 5.74) is 3.12. The molecule has 1 saturated heterocycles. The Balaban J connectivity index is 1.53. The predicted molar refractivity (Wildman–Crippen MR) is 109 cm³/mol. The fourth-order valence-electron chi connectivity index (χ4n) is 3.72.